The predicted octanol–water partition coefficient (Wildman–Crippen LogP) is 5.71. The average Bonchev–Trinajstić information content (AvgIpc) is 2.85. The molecule has 7 heteroatoms. The molecule has 2 heterocycles. The zero-order valence-corrected chi connectivity index (χ0v) is 20.2. The molecule has 1 N–H and O–H groups in total. The summed E-state index contributed by atoms with van der Waals surface area (Å²) in [6.45, 7) is 5.99. The van der Waals surface area contributed by atoms with Crippen molar-refractivity contribution in [3.63, 3.8) is 0 Å². The van der Waals surface area contributed by atoms with Gasteiger partial charge < -0.3 is 15.0 Å². The minimum absolute atomic E-state index is 0.132. The largest absolute Gasteiger partial charge is 0.453 e. The molecular weight excluding hydrogens is 443 g/mol. The molecule has 1 aliphatic carbocycles. The van der Waals surface area contributed by atoms with Gasteiger partial charge >= 0.3 is 0 Å². The maximum Gasteiger partial charge on any atom is 0.262 e. The van der Waals surface area contributed by atoms with Gasteiger partial charge in [0, 0.05) is 17.6 Å². The van der Waals surface area contributed by atoms with Gasteiger partial charge in [0.25, 0.3) is 5.91 Å². The Hall–Kier alpha value is -3.32. The van der Waals surface area contributed by atoms with Crippen LogP contribution in [0.2, 0.25) is 0 Å². The molecule has 6 nitrogen and oxygen atoms in total. The number of nitrogens with zero attached hydrogens (tertiary/aromatic N) is 3. The fourth-order valence-electron chi connectivity index (χ4n) is 5.50. The number of hydrogen-bond donors (Lipinski definition) is 1. The summed E-state index contributed by atoms with van der Waals surface area (Å²) in [4.78, 5) is 24.1. The number of ether oxygens (including phenoxy) is 1. The van der Waals surface area contributed by atoms with Crippen molar-refractivity contribution in [1.82, 2.24) is 15.3 Å². The van der Waals surface area contributed by atoms with E-state index in [1.165, 1.54) is 31.0 Å². The van der Waals surface area contributed by atoms with E-state index in [9.17, 15) is 9.18 Å². The van der Waals surface area contributed by atoms with Gasteiger partial charge in [-0.25, -0.2) is 14.4 Å². The highest BCUT2D eigenvalue weighted by molar-refractivity contribution is 6.08. The number of amides is 1. The molecule has 0 bridgehead atoms. The van der Waals surface area contributed by atoms with Crippen molar-refractivity contribution >= 4 is 11.6 Å². The molecule has 2 aromatic carbocycles. The van der Waals surface area contributed by atoms with E-state index in [0.717, 1.165) is 37.3 Å². The van der Waals surface area contributed by atoms with Gasteiger partial charge in [-0.05, 0) is 88.4 Å². The standard InChI is InChI=1S/C28H31FN4O2/c1-19(2)33(22-6-4-3-5-7-22)27(34)23-14-21(29)8-9-24(23)35-25-17-31-18-32-26(25)20-15-28(16-20)10-12-30-13-11-28/h3-9,14,17-20,30H,10-13,15-16H2,1-2H3. The number of halogens is 1. The number of nitrogens with one attached hydrogen (secondary N) is 1. The zero-order valence-electron chi connectivity index (χ0n) is 20.2. The summed E-state index contributed by atoms with van der Waals surface area (Å²) in [7, 11) is 0. The van der Waals surface area contributed by atoms with Gasteiger partial charge in [0.15, 0.2) is 5.75 Å². The first-order chi connectivity index (χ1) is 17.0. The molecule has 2 fully saturated rings. The number of para-hydroxylation sites is 1. The van der Waals surface area contributed by atoms with Crippen LogP contribution in [0.4, 0.5) is 10.1 Å². The fraction of sp³-hybridized carbons (Fsp3) is 0.393. The third-order valence-corrected chi connectivity index (χ3v) is 7.28. The van der Waals surface area contributed by atoms with E-state index >= 15 is 0 Å². The number of benzene rings is 2. The highest BCUT2D eigenvalue weighted by Gasteiger charge is 2.46. The van der Waals surface area contributed by atoms with Crippen molar-refractivity contribution in [2.24, 2.45) is 5.41 Å². The lowest BCUT2D eigenvalue weighted by atomic mass is 9.57. The van der Waals surface area contributed by atoms with Crippen molar-refractivity contribution in [3.8, 4) is 11.5 Å². The van der Waals surface area contributed by atoms with Crippen molar-refractivity contribution in [3.05, 3.63) is 78.1 Å². The van der Waals surface area contributed by atoms with E-state index in [-0.39, 0.29) is 17.5 Å². The molecule has 1 amide bonds. The third-order valence-electron chi connectivity index (χ3n) is 7.28. The molecule has 35 heavy (non-hydrogen) atoms. The van der Waals surface area contributed by atoms with Crippen LogP contribution >= 0.6 is 0 Å². The number of hydrogen-bond acceptors (Lipinski definition) is 5. The first-order valence-corrected chi connectivity index (χ1v) is 12.3. The van der Waals surface area contributed by atoms with Crippen LogP contribution in [-0.2, 0) is 0 Å². The molecule has 182 valence electrons. The molecule has 1 saturated heterocycles. The van der Waals surface area contributed by atoms with E-state index < -0.39 is 5.82 Å². The van der Waals surface area contributed by atoms with Gasteiger partial charge in [-0.1, -0.05) is 18.2 Å². The van der Waals surface area contributed by atoms with Gasteiger partial charge in [-0.2, -0.15) is 0 Å². The first-order valence-electron chi connectivity index (χ1n) is 12.3. The molecule has 3 aromatic rings. The Morgan fingerprint density at radius 2 is 1.86 bits per heavy atom. The van der Waals surface area contributed by atoms with Crippen molar-refractivity contribution < 1.29 is 13.9 Å². The molecular formula is C28H31FN4O2. The van der Waals surface area contributed by atoms with Crippen LogP contribution in [-0.4, -0.2) is 35.0 Å². The van der Waals surface area contributed by atoms with Crippen molar-refractivity contribution in [2.75, 3.05) is 18.0 Å². The third kappa shape index (κ3) is 4.78. The fourth-order valence-corrected chi connectivity index (χ4v) is 5.50. The van der Waals surface area contributed by atoms with E-state index in [1.807, 2.05) is 44.2 Å². The molecule has 5 rings (SSSR count). The van der Waals surface area contributed by atoms with E-state index in [2.05, 4.69) is 15.3 Å². The lowest BCUT2D eigenvalue weighted by Gasteiger charge is -2.50. The summed E-state index contributed by atoms with van der Waals surface area (Å²) in [6, 6.07) is 13.3. The molecule has 1 saturated carbocycles. The highest BCUT2D eigenvalue weighted by Crippen LogP contribution is 2.56. The Morgan fingerprint density at radius 1 is 1.11 bits per heavy atom. The minimum atomic E-state index is -0.492. The Labute approximate surface area is 205 Å². The number of piperidine rings is 1. The van der Waals surface area contributed by atoms with Crippen LogP contribution in [0.25, 0.3) is 0 Å². The molecule has 1 aromatic heterocycles. The van der Waals surface area contributed by atoms with E-state index in [1.54, 1.807) is 17.4 Å². The molecule has 1 spiro atoms. The summed E-state index contributed by atoms with van der Waals surface area (Å²) in [5.74, 6) is 0.301. The summed E-state index contributed by atoms with van der Waals surface area (Å²) >= 11 is 0. The first kappa shape index (κ1) is 23.4. The number of rotatable bonds is 6. The Kier molecular flexibility index (Phi) is 6.52. The van der Waals surface area contributed by atoms with Crippen molar-refractivity contribution in [2.45, 2.75) is 51.5 Å². The maximum atomic E-state index is 14.3. The number of carbonyl (C=O) groups excluding carboxylic acids is 1. The smallest absolute Gasteiger partial charge is 0.262 e. The summed E-state index contributed by atoms with van der Waals surface area (Å²) in [5.41, 5.74) is 2.16. The topological polar surface area (TPSA) is 67.4 Å². The SMILES string of the molecule is CC(C)N(C(=O)c1cc(F)ccc1Oc1cncnc1C1CC2(CCNCC2)C1)c1ccccc1. The Morgan fingerprint density at radius 3 is 2.57 bits per heavy atom. The second-order valence-corrected chi connectivity index (χ2v) is 9.97. The lowest BCUT2D eigenvalue weighted by Crippen LogP contribution is -2.44. The quantitative estimate of drug-likeness (QED) is 0.496. The zero-order chi connectivity index (χ0) is 24.4. The average molecular weight is 475 g/mol. The highest BCUT2D eigenvalue weighted by atomic mass is 19.1. The second kappa shape index (κ2) is 9.74. The van der Waals surface area contributed by atoms with Crippen LogP contribution in [0.5, 0.6) is 11.5 Å². The van der Waals surface area contributed by atoms with Gasteiger partial charge in [0.2, 0.25) is 0 Å². The molecule has 0 radical (unpaired) electrons. The lowest BCUT2D eigenvalue weighted by molar-refractivity contribution is 0.0577. The van der Waals surface area contributed by atoms with Gasteiger partial charge in [0.05, 0.1) is 17.5 Å². The minimum Gasteiger partial charge on any atom is -0.453 e. The predicted molar refractivity (Wildman–Crippen MR) is 133 cm³/mol. The van der Waals surface area contributed by atoms with Crippen LogP contribution in [0.15, 0.2) is 61.1 Å². The maximum absolute atomic E-state index is 14.3. The number of carbonyl (C=O) groups is 1. The molecule has 1 aliphatic heterocycles. The molecule has 0 atom stereocenters. The molecule has 0 unspecified atom stereocenters. The summed E-state index contributed by atoms with van der Waals surface area (Å²) in [5, 5.41) is 3.44. The van der Waals surface area contributed by atoms with Gasteiger partial charge in [0.1, 0.15) is 17.9 Å². The van der Waals surface area contributed by atoms with E-state index in [4.69, 9.17) is 4.74 Å². The summed E-state index contributed by atoms with van der Waals surface area (Å²) < 4.78 is 20.6. The van der Waals surface area contributed by atoms with Crippen LogP contribution in [0.1, 0.15) is 61.5 Å². The van der Waals surface area contributed by atoms with Crippen LogP contribution in [0.3, 0.4) is 0 Å². The Balaban J connectivity index is 1.43. The van der Waals surface area contributed by atoms with Crippen LogP contribution in [0, 0.1) is 11.2 Å². The monoisotopic (exact) mass is 474 g/mol. The normalized spacial score (nSPS) is 17.3. The second-order valence-electron chi connectivity index (χ2n) is 9.97. The molecule has 2 aliphatic rings. The Bertz CT molecular complexity index is 1190. The van der Waals surface area contributed by atoms with Crippen molar-refractivity contribution in [1.29, 1.82) is 0 Å². The van der Waals surface area contributed by atoms with E-state index in [0.29, 0.717) is 22.8 Å². The van der Waals surface area contributed by atoms with Gasteiger partial charge in [-0.3, -0.25) is 4.79 Å². The van der Waals surface area contributed by atoms with Crippen LogP contribution < -0.4 is 15.0 Å². The summed E-state index contributed by atoms with van der Waals surface area (Å²) in [6.07, 6.45) is 7.71. The number of aromatic nitrogens is 2. The van der Waals surface area contributed by atoms with Gasteiger partial charge in [-0.15, -0.1) is 0 Å². The number of anilines is 1.